The molecule has 0 aliphatic heterocycles. The Hall–Kier alpha value is -3.02. The number of ketones is 1. The Morgan fingerprint density at radius 2 is 1.57 bits per heavy atom. The van der Waals surface area contributed by atoms with Crippen molar-refractivity contribution in [2.75, 3.05) is 0 Å². The average Bonchev–Trinajstić information content (AvgIpc) is 3.11. The number of carbonyl (C=O) groups excluding carboxylic acids is 1. The summed E-state index contributed by atoms with van der Waals surface area (Å²) in [7, 11) is 3.53. The molecule has 40 heavy (non-hydrogen) atoms. The number of hydrogen-bond donors (Lipinski definition) is 1. The van der Waals surface area contributed by atoms with Gasteiger partial charge in [-0.1, -0.05) is 41.5 Å². The summed E-state index contributed by atoms with van der Waals surface area (Å²) in [5, 5.41) is 11.6. The van der Waals surface area contributed by atoms with Gasteiger partial charge in [-0.05, 0) is 60.3 Å². The van der Waals surface area contributed by atoms with E-state index in [1.54, 1.807) is 29.3 Å². The van der Waals surface area contributed by atoms with E-state index in [-0.39, 0.29) is 55.3 Å². The predicted octanol–water partition coefficient (Wildman–Crippen LogP) is 7.38. The standard InChI is InChI=1S/C20H18N3O.C13H24O2.Ir/c1-12-7-13(2)9-15(8-12)19-16-11-18-17(10-14(16)5-6-21-19)22(3)20(24)23(18)4;1-5-10(6-2)12(14)9-13(15)11(7-3)8-4;/h5-8,10-11H,1-4H3;9-11,14H,5-8H2,1-4H3;/q-1;;/b;12-9-;/i6D;;. The van der Waals surface area contributed by atoms with Gasteiger partial charge < -0.3 is 10.1 Å². The number of rotatable bonds is 8. The van der Waals surface area contributed by atoms with Crippen LogP contribution < -0.4 is 5.69 Å². The number of pyridine rings is 1. The van der Waals surface area contributed by atoms with Gasteiger partial charge in [-0.2, -0.15) is 0 Å². The number of hydrogen-bond acceptors (Lipinski definition) is 4. The summed E-state index contributed by atoms with van der Waals surface area (Å²) in [4.78, 5) is 28.4. The van der Waals surface area contributed by atoms with Crippen molar-refractivity contribution in [2.45, 2.75) is 67.2 Å². The van der Waals surface area contributed by atoms with Crippen LogP contribution in [0.25, 0.3) is 33.1 Å². The van der Waals surface area contributed by atoms with Gasteiger partial charge in [-0.25, -0.2) is 4.79 Å². The number of aromatic nitrogens is 3. The molecule has 0 saturated heterocycles. The molecule has 0 bridgehead atoms. The number of benzene rings is 2. The van der Waals surface area contributed by atoms with Crippen molar-refractivity contribution in [1.29, 1.82) is 0 Å². The fourth-order valence-electron chi connectivity index (χ4n) is 5.12. The van der Waals surface area contributed by atoms with Crippen molar-refractivity contribution in [1.82, 2.24) is 14.1 Å². The van der Waals surface area contributed by atoms with E-state index in [2.05, 4.69) is 17.1 Å². The number of aliphatic hydroxyl groups is 1. The first-order chi connectivity index (χ1) is 18.9. The first-order valence-electron chi connectivity index (χ1n) is 14.4. The van der Waals surface area contributed by atoms with Crippen LogP contribution in [0.5, 0.6) is 0 Å². The summed E-state index contributed by atoms with van der Waals surface area (Å²) in [6.45, 7) is 12.1. The van der Waals surface area contributed by atoms with Crippen LogP contribution >= 0.6 is 0 Å². The van der Waals surface area contributed by atoms with Gasteiger partial charge in [0.05, 0.1) is 18.2 Å². The van der Waals surface area contributed by atoms with E-state index in [0.29, 0.717) is 0 Å². The van der Waals surface area contributed by atoms with Gasteiger partial charge in [-0.15, -0.1) is 34.9 Å². The summed E-state index contributed by atoms with van der Waals surface area (Å²) in [6.07, 6.45) is 5.11. The first kappa shape index (κ1) is 31.5. The second-order valence-electron chi connectivity index (χ2n) is 10.3. The number of allylic oxidation sites excluding steroid dienone is 2. The maximum Gasteiger partial charge on any atom is 0.328 e. The van der Waals surface area contributed by atoms with E-state index < -0.39 is 0 Å². The molecule has 2 aromatic carbocycles. The van der Waals surface area contributed by atoms with E-state index >= 15 is 0 Å². The molecule has 0 fully saturated rings. The zero-order valence-electron chi connectivity index (χ0n) is 25.9. The first-order valence-corrected chi connectivity index (χ1v) is 13.9. The number of aryl methyl sites for hydroxylation is 4. The topological polar surface area (TPSA) is 77.1 Å². The summed E-state index contributed by atoms with van der Waals surface area (Å²) >= 11 is 0. The van der Waals surface area contributed by atoms with Gasteiger partial charge in [0.15, 0.2) is 5.78 Å². The number of imidazole rings is 1. The molecular formula is C33H42IrN3O3-. The van der Waals surface area contributed by atoms with Crippen LogP contribution in [0.1, 0.15) is 65.9 Å². The smallest absolute Gasteiger partial charge is 0.328 e. The zero-order chi connectivity index (χ0) is 29.7. The van der Waals surface area contributed by atoms with Gasteiger partial charge in [0, 0.05) is 58.3 Å². The minimum atomic E-state index is -0.0659. The molecule has 0 atom stereocenters. The molecule has 0 amide bonds. The van der Waals surface area contributed by atoms with Gasteiger partial charge >= 0.3 is 5.69 Å². The van der Waals surface area contributed by atoms with Crippen molar-refractivity contribution in [3.63, 3.8) is 0 Å². The minimum absolute atomic E-state index is 0. The van der Waals surface area contributed by atoms with Crippen molar-refractivity contribution >= 4 is 27.6 Å². The van der Waals surface area contributed by atoms with Gasteiger partial charge in [0.25, 0.3) is 0 Å². The Kier molecular flexibility index (Phi) is 11.5. The van der Waals surface area contributed by atoms with Crippen molar-refractivity contribution in [3.8, 4) is 11.3 Å². The maximum absolute atomic E-state index is 12.2. The Bertz CT molecular complexity index is 1590. The van der Waals surface area contributed by atoms with Gasteiger partial charge in [0.2, 0.25) is 0 Å². The molecule has 4 aromatic rings. The monoisotopic (exact) mass is 722 g/mol. The van der Waals surface area contributed by atoms with Crippen LogP contribution in [0.2, 0.25) is 0 Å². The molecule has 2 aromatic heterocycles. The number of nitrogens with zero attached hydrogens (tertiary/aromatic N) is 3. The normalized spacial score (nSPS) is 11.9. The van der Waals surface area contributed by atoms with Gasteiger partial charge in [-0.3, -0.25) is 13.9 Å². The Labute approximate surface area is 252 Å². The fourth-order valence-corrected chi connectivity index (χ4v) is 5.12. The molecule has 6 nitrogen and oxygen atoms in total. The van der Waals surface area contributed by atoms with E-state index in [1.165, 1.54) is 6.08 Å². The second kappa shape index (κ2) is 14.6. The molecule has 0 saturated carbocycles. The van der Waals surface area contributed by atoms with E-state index in [1.807, 2.05) is 59.7 Å². The molecule has 2 heterocycles. The van der Waals surface area contributed by atoms with Crippen molar-refractivity contribution in [2.24, 2.45) is 25.9 Å². The zero-order valence-corrected chi connectivity index (χ0v) is 27.3. The molecular weight excluding hydrogens is 679 g/mol. The SMILES string of the molecule is CCC(CC)C(=O)/C=C(\O)C(CC)CC.[2H]c1cc2cc3c(cc2c(-c2[c-]c(C)cc(C)c2)n1)n(C)c(=O)n3C.[Ir]. The van der Waals surface area contributed by atoms with Crippen LogP contribution in [-0.2, 0) is 39.0 Å². The summed E-state index contributed by atoms with van der Waals surface area (Å²) in [6, 6.07) is 13.1. The second-order valence-corrected chi connectivity index (χ2v) is 10.3. The molecule has 4 rings (SSSR count). The Morgan fingerprint density at radius 3 is 2.12 bits per heavy atom. The van der Waals surface area contributed by atoms with Crippen LogP contribution in [0.15, 0.2) is 53.1 Å². The third-order valence-corrected chi connectivity index (χ3v) is 7.58. The van der Waals surface area contributed by atoms with Crippen LogP contribution in [0, 0.1) is 31.7 Å². The van der Waals surface area contributed by atoms with Crippen molar-refractivity contribution < 1.29 is 31.4 Å². The molecule has 0 aliphatic rings. The third kappa shape index (κ3) is 7.18. The molecule has 0 unspecified atom stereocenters. The molecule has 1 N–H and O–H groups in total. The van der Waals surface area contributed by atoms with Crippen LogP contribution in [0.4, 0.5) is 0 Å². The van der Waals surface area contributed by atoms with Crippen LogP contribution in [-0.4, -0.2) is 25.0 Å². The third-order valence-electron chi connectivity index (χ3n) is 7.58. The number of fused-ring (bicyclic) bond motifs is 2. The number of aliphatic hydroxyl groups excluding tert-OH is 1. The quantitative estimate of drug-likeness (QED) is 0.117. The van der Waals surface area contributed by atoms with E-state index in [4.69, 9.17) is 1.37 Å². The van der Waals surface area contributed by atoms with Gasteiger partial charge in [0.1, 0.15) is 0 Å². The largest absolute Gasteiger partial charge is 0.512 e. The fraction of sp³-hybridized carbons (Fsp3) is 0.424. The predicted molar refractivity (Wildman–Crippen MR) is 161 cm³/mol. The number of carbonyl (C=O) groups is 1. The summed E-state index contributed by atoms with van der Waals surface area (Å²) < 4.78 is 11.3. The maximum atomic E-state index is 12.2. The molecule has 7 heteroatoms. The molecule has 1 radical (unpaired) electrons. The molecule has 0 aliphatic carbocycles. The summed E-state index contributed by atoms with van der Waals surface area (Å²) in [5.41, 5.74) is 5.40. The van der Waals surface area contributed by atoms with E-state index in [9.17, 15) is 14.7 Å². The average molecular weight is 722 g/mol. The van der Waals surface area contributed by atoms with Crippen LogP contribution in [0.3, 0.4) is 0 Å². The molecule has 0 spiro atoms. The minimum Gasteiger partial charge on any atom is -0.512 e. The molecule has 217 valence electrons. The Balaban J connectivity index is 0.000000320. The van der Waals surface area contributed by atoms with Crippen molar-refractivity contribution in [3.05, 3.63) is 76.0 Å². The van der Waals surface area contributed by atoms with E-state index in [0.717, 1.165) is 69.9 Å². The Morgan fingerprint density at radius 1 is 1.00 bits per heavy atom. The summed E-state index contributed by atoms with van der Waals surface area (Å²) in [5.74, 6) is 0.547.